The van der Waals surface area contributed by atoms with Gasteiger partial charge < -0.3 is 9.32 Å². The highest BCUT2D eigenvalue weighted by atomic mass is 32.1. The molecular formula is C31H23FN4O4S. The summed E-state index contributed by atoms with van der Waals surface area (Å²) in [6, 6.07) is 19.6. The summed E-state index contributed by atoms with van der Waals surface area (Å²) in [6.45, 7) is 4.21. The molecule has 0 aliphatic carbocycles. The normalized spacial score (nSPS) is 17.8. The number of aromatic nitrogens is 2. The van der Waals surface area contributed by atoms with Crippen LogP contribution in [0.25, 0.3) is 11.0 Å². The average molecular weight is 567 g/mol. The van der Waals surface area contributed by atoms with E-state index >= 15 is 0 Å². The van der Waals surface area contributed by atoms with Gasteiger partial charge in [-0.3, -0.25) is 19.3 Å². The van der Waals surface area contributed by atoms with Crippen LogP contribution in [0.1, 0.15) is 46.1 Å². The lowest BCUT2D eigenvalue weighted by molar-refractivity contribution is -0.121. The number of hydrogen-bond acceptors (Lipinski definition) is 7. The molecule has 10 heteroatoms. The lowest BCUT2D eigenvalue weighted by Crippen LogP contribution is -2.53. The maximum atomic E-state index is 14.9. The van der Waals surface area contributed by atoms with Gasteiger partial charge in [0.15, 0.2) is 11.0 Å². The molecule has 2 aromatic heterocycles. The minimum Gasteiger partial charge on any atom is -0.450 e. The van der Waals surface area contributed by atoms with Gasteiger partial charge in [0.1, 0.15) is 16.4 Å². The van der Waals surface area contributed by atoms with E-state index < -0.39 is 28.6 Å². The number of amides is 2. The van der Waals surface area contributed by atoms with Crippen molar-refractivity contribution in [2.75, 3.05) is 9.80 Å². The average Bonchev–Trinajstić information content (AvgIpc) is 3.59. The molecule has 0 saturated heterocycles. The number of carbonyl (C=O) groups is 2. The number of fused-ring (bicyclic) bond motifs is 5. The van der Waals surface area contributed by atoms with E-state index in [1.807, 2.05) is 0 Å². The largest absolute Gasteiger partial charge is 0.450 e. The van der Waals surface area contributed by atoms with E-state index in [9.17, 15) is 18.8 Å². The molecule has 8 nitrogen and oxygen atoms in total. The van der Waals surface area contributed by atoms with Crippen molar-refractivity contribution in [3.8, 4) is 0 Å². The summed E-state index contributed by atoms with van der Waals surface area (Å²) in [4.78, 5) is 46.2. The first-order chi connectivity index (χ1) is 19.8. The van der Waals surface area contributed by atoms with Crippen molar-refractivity contribution in [1.82, 2.24) is 10.2 Å². The van der Waals surface area contributed by atoms with Gasteiger partial charge in [-0.25, -0.2) is 4.39 Å². The highest BCUT2D eigenvalue weighted by Crippen LogP contribution is 2.54. The first kappa shape index (κ1) is 25.3. The first-order valence-electron chi connectivity index (χ1n) is 13.2. The van der Waals surface area contributed by atoms with Crippen molar-refractivity contribution < 1.29 is 18.4 Å². The fraction of sp³-hybridized carbons (Fsp3) is 0.194. The Balaban J connectivity index is 1.51. The molecule has 2 aliphatic heterocycles. The third kappa shape index (κ3) is 3.60. The molecule has 1 unspecified atom stereocenters. The zero-order chi connectivity index (χ0) is 28.5. The van der Waals surface area contributed by atoms with Crippen LogP contribution in [0.4, 0.5) is 15.2 Å². The number of hydrogen-bond donors (Lipinski definition) is 0. The highest BCUT2D eigenvalue weighted by molar-refractivity contribution is 7.15. The molecule has 3 aromatic carbocycles. The number of rotatable bonds is 5. The summed E-state index contributed by atoms with van der Waals surface area (Å²) in [5.74, 6) is -1.43. The van der Waals surface area contributed by atoms with Crippen molar-refractivity contribution in [3.05, 3.63) is 116 Å². The second kappa shape index (κ2) is 9.17. The van der Waals surface area contributed by atoms with Crippen molar-refractivity contribution in [3.63, 3.8) is 0 Å². The van der Waals surface area contributed by atoms with Crippen LogP contribution in [0.15, 0.2) is 82.0 Å². The molecule has 0 N–H and O–H groups in total. The van der Waals surface area contributed by atoms with Gasteiger partial charge in [0, 0.05) is 12.0 Å². The topological polar surface area (TPSA) is 96.6 Å². The lowest BCUT2D eigenvalue weighted by Gasteiger charge is -2.32. The van der Waals surface area contributed by atoms with Crippen LogP contribution in [0.5, 0.6) is 0 Å². The summed E-state index contributed by atoms with van der Waals surface area (Å²) in [6.07, 6.45) is 0.641. The summed E-state index contributed by atoms with van der Waals surface area (Å²) < 4.78 is 19.8. The van der Waals surface area contributed by atoms with E-state index in [4.69, 9.17) is 4.42 Å². The Hall–Kier alpha value is -4.70. The Bertz CT molecular complexity index is 1930. The predicted octanol–water partition coefficient (Wildman–Crippen LogP) is 5.43. The number of halogens is 1. The van der Waals surface area contributed by atoms with Gasteiger partial charge in [-0.15, -0.1) is 10.2 Å². The van der Waals surface area contributed by atoms with Crippen LogP contribution >= 0.6 is 11.3 Å². The molecule has 5 aromatic rings. The van der Waals surface area contributed by atoms with Crippen LogP contribution in [0.2, 0.25) is 0 Å². The van der Waals surface area contributed by atoms with Crippen molar-refractivity contribution in [2.45, 2.75) is 32.4 Å². The van der Waals surface area contributed by atoms with E-state index in [0.29, 0.717) is 34.2 Å². The standard InChI is InChI=1S/C31H23FN4O4S/c1-17(2)15-24-33-34-30(41-24)36-28(38)27-25(26(37)20-7-3-6-10-23(20)40-27)31(36)21-8-4-5-9-22(21)35(29(31)39)16-18-11-13-19(32)14-12-18/h3-14,17H,15-16H2,1-2H3. The Kier molecular flexibility index (Phi) is 5.65. The smallest absolute Gasteiger partial charge is 0.297 e. The third-order valence-corrected chi connectivity index (χ3v) is 8.45. The van der Waals surface area contributed by atoms with E-state index in [1.54, 1.807) is 60.7 Å². The molecule has 2 amide bonds. The molecule has 0 saturated carbocycles. The summed E-state index contributed by atoms with van der Waals surface area (Å²) in [5.41, 5.74) is -0.432. The molecule has 1 spiro atoms. The van der Waals surface area contributed by atoms with E-state index in [2.05, 4.69) is 24.0 Å². The Morgan fingerprint density at radius 1 is 0.951 bits per heavy atom. The second-order valence-electron chi connectivity index (χ2n) is 10.6. The van der Waals surface area contributed by atoms with Gasteiger partial charge in [-0.05, 0) is 41.8 Å². The lowest BCUT2D eigenvalue weighted by atomic mass is 9.84. The van der Waals surface area contributed by atoms with Crippen LogP contribution < -0.4 is 15.2 Å². The maximum Gasteiger partial charge on any atom is 0.297 e. The molecule has 41 heavy (non-hydrogen) atoms. The predicted molar refractivity (Wildman–Crippen MR) is 153 cm³/mol. The zero-order valence-electron chi connectivity index (χ0n) is 22.1. The molecule has 204 valence electrons. The Labute approximate surface area is 237 Å². The van der Waals surface area contributed by atoms with Crippen LogP contribution in [-0.4, -0.2) is 22.0 Å². The molecule has 2 aliphatic rings. The number of anilines is 2. The first-order valence-corrected chi connectivity index (χ1v) is 14.0. The van der Waals surface area contributed by atoms with E-state index in [0.717, 1.165) is 0 Å². The molecule has 4 heterocycles. The number of nitrogens with zero attached hydrogens (tertiary/aromatic N) is 4. The van der Waals surface area contributed by atoms with Crippen LogP contribution in [0.3, 0.4) is 0 Å². The van der Waals surface area contributed by atoms with Gasteiger partial charge in [-0.2, -0.15) is 0 Å². The van der Waals surface area contributed by atoms with E-state index in [1.165, 1.54) is 33.3 Å². The number of para-hydroxylation sites is 2. The minimum absolute atomic E-state index is 0.0409. The SMILES string of the molecule is CC(C)Cc1nnc(N2C(=O)c3oc4ccccc4c(=O)c3C23C(=O)N(Cc2ccc(F)cc2)c2ccccc23)s1. The van der Waals surface area contributed by atoms with Gasteiger partial charge in [0.25, 0.3) is 11.8 Å². The quantitative estimate of drug-likeness (QED) is 0.281. The number of carbonyl (C=O) groups excluding carboxylic acids is 2. The molecular weight excluding hydrogens is 543 g/mol. The van der Waals surface area contributed by atoms with Gasteiger partial charge >= 0.3 is 0 Å². The summed E-state index contributed by atoms with van der Waals surface area (Å²) in [5, 5.41) is 9.83. The highest BCUT2D eigenvalue weighted by Gasteiger charge is 2.66. The van der Waals surface area contributed by atoms with Crippen molar-refractivity contribution in [2.24, 2.45) is 5.92 Å². The van der Waals surface area contributed by atoms with Crippen LogP contribution in [0, 0.1) is 11.7 Å². The second-order valence-corrected chi connectivity index (χ2v) is 11.6. The van der Waals surface area contributed by atoms with Gasteiger partial charge in [-0.1, -0.05) is 67.6 Å². The van der Waals surface area contributed by atoms with Crippen LogP contribution in [-0.2, 0) is 23.3 Å². The molecule has 0 bridgehead atoms. The third-order valence-electron chi connectivity index (χ3n) is 7.52. The summed E-state index contributed by atoms with van der Waals surface area (Å²) in [7, 11) is 0. The van der Waals surface area contributed by atoms with Gasteiger partial charge in [0.2, 0.25) is 10.9 Å². The van der Waals surface area contributed by atoms with Crippen molar-refractivity contribution >= 4 is 44.9 Å². The monoisotopic (exact) mass is 566 g/mol. The fourth-order valence-electron chi connectivity index (χ4n) is 5.81. The minimum atomic E-state index is -1.86. The Morgan fingerprint density at radius 2 is 1.68 bits per heavy atom. The number of benzene rings is 3. The fourth-order valence-corrected chi connectivity index (χ4v) is 6.91. The zero-order valence-corrected chi connectivity index (χ0v) is 22.9. The summed E-state index contributed by atoms with van der Waals surface area (Å²) >= 11 is 1.21. The molecule has 7 rings (SSSR count). The van der Waals surface area contributed by atoms with Gasteiger partial charge in [0.05, 0.1) is 23.2 Å². The molecule has 1 atom stereocenters. The Morgan fingerprint density at radius 3 is 2.46 bits per heavy atom. The molecule has 0 radical (unpaired) electrons. The van der Waals surface area contributed by atoms with Crippen molar-refractivity contribution in [1.29, 1.82) is 0 Å². The maximum absolute atomic E-state index is 14.9. The molecule has 0 fully saturated rings. The van der Waals surface area contributed by atoms with E-state index in [-0.39, 0.29) is 34.0 Å².